The van der Waals surface area contributed by atoms with Gasteiger partial charge in [0.05, 0.1) is 12.7 Å². The second-order valence-corrected chi connectivity index (χ2v) is 4.05. The first kappa shape index (κ1) is 12.8. The van der Waals surface area contributed by atoms with Crippen molar-refractivity contribution >= 4 is 23.2 Å². The van der Waals surface area contributed by atoms with Gasteiger partial charge in [-0.2, -0.15) is 0 Å². The van der Waals surface area contributed by atoms with Gasteiger partial charge in [-0.05, 0) is 11.6 Å². The summed E-state index contributed by atoms with van der Waals surface area (Å²) < 4.78 is 4.99. The Labute approximate surface area is 99.8 Å². The molecule has 1 aromatic rings. The number of hydrogen-bond donors (Lipinski definition) is 1. The van der Waals surface area contributed by atoms with Crippen molar-refractivity contribution in [1.29, 1.82) is 0 Å². The molecule has 2 nitrogen and oxygen atoms in total. The molecule has 1 rings (SSSR count). The highest BCUT2D eigenvalue weighted by atomic mass is 35.5. The summed E-state index contributed by atoms with van der Waals surface area (Å²) in [5.41, 5.74) is 0.696. The van der Waals surface area contributed by atoms with Crippen molar-refractivity contribution in [2.75, 3.05) is 19.6 Å². The van der Waals surface area contributed by atoms with Gasteiger partial charge in [-0.3, -0.25) is 0 Å². The molecule has 1 aromatic carbocycles. The maximum absolute atomic E-state index is 10.0. The molecule has 4 heteroatoms. The first-order valence-corrected chi connectivity index (χ1v) is 5.59. The molecule has 0 spiro atoms. The SMILES string of the molecule is COCC(CCl)C(O)c1ccccc1Cl. The van der Waals surface area contributed by atoms with E-state index >= 15 is 0 Å². The van der Waals surface area contributed by atoms with Crippen LogP contribution >= 0.6 is 23.2 Å². The fourth-order valence-corrected chi connectivity index (χ4v) is 1.91. The van der Waals surface area contributed by atoms with Crippen molar-refractivity contribution in [1.82, 2.24) is 0 Å². The monoisotopic (exact) mass is 248 g/mol. The lowest BCUT2D eigenvalue weighted by molar-refractivity contribution is 0.0584. The van der Waals surface area contributed by atoms with Crippen molar-refractivity contribution in [3.05, 3.63) is 34.9 Å². The van der Waals surface area contributed by atoms with Gasteiger partial charge in [-0.15, -0.1) is 11.6 Å². The zero-order chi connectivity index (χ0) is 11.3. The maximum atomic E-state index is 10.0. The first-order valence-electron chi connectivity index (χ1n) is 4.68. The Morgan fingerprint density at radius 3 is 2.60 bits per heavy atom. The molecule has 0 aliphatic rings. The molecule has 0 heterocycles. The van der Waals surface area contributed by atoms with Gasteiger partial charge in [0.2, 0.25) is 0 Å². The van der Waals surface area contributed by atoms with E-state index in [2.05, 4.69) is 0 Å². The molecule has 84 valence electrons. The van der Waals surface area contributed by atoms with E-state index in [1.54, 1.807) is 19.2 Å². The molecule has 1 N–H and O–H groups in total. The van der Waals surface area contributed by atoms with Crippen molar-refractivity contribution in [3.8, 4) is 0 Å². The van der Waals surface area contributed by atoms with Gasteiger partial charge in [0.15, 0.2) is 0 Å². The number of halogens is 2. The van der Waals surface area contributed by atoms with Crippen LogP contribution in [0.4, 0.5) is 0 Å². The van der Waals surface area contributed by atoms with Crippen molar-refractivity contribution in [2.24, 2.45) is 5.92 Å². The first-order chi connectivity index (χ1) is 7.20. The molecule has 0 radical (unpaired) electrons. The Kier molecular flexibility index (Phi) is 5.40. The Hall–Kier alpha value is -0.280. The molecular weight excluding hydrogens is 235 g/mol. The summed E-state index contributed by atoms with van der Waals surface area (Å²) in [4.78, 5) is 0. The molecule has 0 saturated heterocycles. The van der Waals surface area contributed by atoms with Crippen LogP contribution < -0.4 is 0 Å². The lowest BCUT2D eigenvalue weighted by Gasteiger charge is -2.21. The summed E-state index contributed by atoms with van der Waals surface area (Å²) in [5, 5.41) is 10.6. The molecule has 0 fully saturated rings. The molecule has 2 atom stereocenters. The Morgan fingerprint density at radius 2 is 2.07 bits per heavy atom. The van der Waals surface area contributed by atoms with E-state index in [9.17, 15) is 5.11 Å². The third kappa shape index (κ3) is 3.35. The number of ether oxygens (including phenoxy) is 1. The van der Waals surface area contributed by atoms with Crippen LogP contribution in [0.25, 0.3) is 0 Å². The zero-order valence-electron chi connectivity index (χ0n) is 8.49. The van der Waals surface area contributed by atoms with Crippen LogP contribution in [0.3, 0.4) is 0 Å². The van der Waals surface area contributed by atoms with Gasteiger partial charge in [0, 0.05) is 23.9 Å². The number of aliphatic hydroxyl groups excluding tert-OH is 1. The van der Waals surface area contributed by atoms with E-state index in [4.69, 9.17) is 27.9 Å². The summed E-state index contributed by atoms with van der Waals surface area (Å²) in [5.74, 6) is 0.191. The minimum absolute atomic E-state index is 0.142. The summed E-state index contributed by atoms with van der Waals surface area (Å²) in [6.07, 6.45) is -0.684. The van der Waals surface area contributed by atoms with Crippen LogP contribution in [0, 0.1) is 5.92 Å². The molecule has 0 saturated carbocycles. The molecule has 0 aliphatic carbocycles. The topological polar surface area (TPSA) is 29.5 Å². The van der Waals surface area contributed by atoms with E-state index < -0.39 is 6.10 Å². The molecule has 0 bridgehead atoms. The van der Waals surface area contributed by atoms with Gasteiger partial charge in [-0.1, -0.05) is 29.8 Å². The Morgan fingerprint density at radius 1 is 1.40 bits per heavy atom. The van der Waals surface area contributed by atoms with E-state index in [0.717, 1.165) is 0 Å². The summed E-state index contributed by atoms with van der Waals surface area (Å²) >= 11 is 11.7. The molecule has 2 unspecified atom stereocenters. The number of rotatable bonds is 5. The third-order valence-electron chi connectivity index (χ3n) is 2.25. The van der Waals surface area contributed by atoms with Crippen molar-refractivity contribution in [3.63, 3.8) is 0 Å². The van der Waals surface area contributed by atoms with E-state index in [1.807, 2.05) is 12.1 Å². The second-order valence-electron chi connectivity index (χ2n) is 3.34. The fourth-order valence-electron chi connectivity index (χ4n) is 1.40. The predicted octanol–water partition coefficient (Wildman–Crippen LogP) is 2.87. The highest BCUT2D eigenvalue weighted by molar-refractivity contribution is 6.31. The molecule has 0 aromatic heterocycles. The van der Waals surface area contributed by atoms with Crippen molar-refractivity contribution < 1.29 is 9.84 Å². The van der Waals surface area contributed by atoms with Crippen LogP contribution in [0.1, 0.15) is 11.7 Å². The summed E-state index contributed by atoms with van der Waals surface area (Å²) in [6.45, 7) is 0.413. The zero-order valence-corrected chi connectivity index (χ0v) is 10.0. The average Bonchev–Trinajstić information content (AvgIpc) is 2.25. The standard InChI is InChI=1S/C11H14Cl2O2/c1-15-7-8(6-12)11(14)9-4-2-3-5-10(9)13/h2-5,8,11,14H,6-7H2,1H3. The Bertz CT molecular complexity index is 304. The smallest absolute Gasteiger partial charge is 0.0866 e. The van der Waals surface area contributed by atoms with Crippen LogP contribution in [-0.4, -0.2) is 24.7 Å². The Balaban J connectivity index is 2.82. The van der Waals surface area contributed by atoms with Gasteiger partial charge in [-0.25, -0.2) is 0 Å². The third-order valence-corrected chi connectivity index (χ3v) is 2.99. The number of aliphatic hydroxyl groups is 1. The summed E-state index contributed by atoms with van der Waals surface area (Å²) in [6, 6.07) is 7.20. The van der Waals surface area contributed by atoms with Gasteiger partial charge in [0.25, 0.3) is 0 Å². The molecular formula is C11H14Cl2O2. The van der Waals surface area contributed by atoms with E-state index in [1.165, 1.54) is 0 Å². The van der Waals surface area contributed by atoms with Gasteiger partial charge < -0.3 is 9.84 Å². The van der Waals surface area contributed by atoms with Crippen LogP contribution in [-0.2, 0) is 4.74 Å². The fraction of sp³-hybridized carbons (Fsp3) is 0.455. The molecule has 0 aliphatic heterocycles. The van der Waals surface area contributed by atoms with Crippen molar-refractivity contribution in [2.45, 2.75) is 6.10 Å². The van der Waals surface area contributed by atoms with Crippen LogP contribution in [0.5, 0.6) is 0 Å². The molecule has 0 amide bonds. The average molecular weight is 249 g/mol. The van der Waals surface area contributed by atoms with E-state index in [0.29, 0.717) is 23.1 Å². The minimum atomic E-state index is -0.684. The van der Waals surface area contributed by atoms with Crippen LogP contribution in [0.2, 0.25) is 5.02 Å². The molecule has 15 heavy (non-hydrogen) atoms. The maximum Gasteiger partial charge on any atom is 0.0866 e. The predicted molar refractivity (Wildman–Crippen MR) is 62.5 cm³/mol. The normalized spacial score (nSPS) is 14.9. The number of hydrogen-bond acceptors (Lipinski definition) is 2. The number of benzene rings is 1. The number of alkyl halides is 1. The second kappa shape index (κ2) is 6.33. The minimum Gasteiger partial charge on any atom is -0.388 e. The lowest BCUT2D eigenvalue weighted by Crippen LogP contribution is -2.19. The van der Waals surface area contributed by atoms with Crippen LogP contribution in [0.15, 0.2) is 24.3 Å². The van der Waals surface area contributed by atoms with Gasteiger partial charge in [0.1, 0.15) is 0 Å². The summed E-state index contributed by atoms with van der Waals surface area (Å²) in [7, 11) is 1.58. The highest BCUT2D eigenvalue weighted by Gasteiger charge is 2.21. The lowest BCUT2D eigenvalue weighted by atomic mass is 9.98. The van der Waals surface area contributed by atoms with E-state index in [-0.39, 0.29) is 5.92 Å². The number of methoxy groups -OCH3 is 1. The quantitative estimate of drug-likeness (QED) is 0.813. The largest absolute Gasteiger partial charge is 0.388 e. The highest BCUT2D eigenvalue weighted by Crippen LogP contribution is 2.28. The van der Waals surface area contributed by atoms with Gasteiger partial charge >= 0.3 is 0 Å².